The Bertz CT molecular complexity index is 1210. The first-order valence-corrected chi connectivity index (χ1v) is 10.2. The normalized spacial score (nSPS) is 10.5. The first-order valence-electron chi connectivity index (χ1n) is 9.42. The second-order valence-electron chi connectivity index (χ2n) is 6.50. The fourth-order valence-corrected chi connectivity index (χ4v) is 4.00. The number of hydrogen-bond donors (Lipinski definition) is 0. The Morgan fingerprint density at radius 1 is 1.20 bits per heavy atom. The van der Waals surface area contributed by atoms with Gasteiger partial charge in [-0.25, -0.2) is 4.98 Å². The second-order valence-corrected chi connectivity index (χ2v) is 7.51. The summed E-state index contributed by atoms with van der Waals surface area (Å²) in [4.78, 5) is 23.8. The minimum absolute atomic E-state index is 0.188. The van der Waals surface area contributed by atoms with Crippen molar-refractivity contribution in [3.63, 3.8) is 0 Å². The Kier molecular flexibility index (Phi) is 5.68. The van der Waals surface area contributed by atoms with E-state index < -0.39 is 0 Å². The van der Waals surface area contributed by atoms with Crippen LogP contribution in [0.5, 0.6) is 5.75 Å². The van der Waals surface area contributed by atoms with Crippen LogP contribution in [0.3, 0.4) is 0 Å². The molecule has 0 saturated heterocycles. The van der Waals surface area contributed by atoms with Crippen molar-refractivity contribution in [1.29, 1.82) is 5.26 Å². The second kappa shape index (κ2) is 8.72. The molecule has 2 aromatic carbocycles. The maximum absolute atomic E-state index is 13.4. The van der Waals surface area contributed by atoms with Crippen molar-refractivity contribution in [2.24, 2.45) is 0 Å². The van der Waals surface area contributed by atoms with Crippen LogP contribution in [0, 0.1) is 11.3 Å². The molecule has 4 aromatic rings. The SMILES string of the molecule is CCOc1ccc2nc(N(Cc3cccnc3)C(=O)c3ccc(C#N)cc3)sc2c1. The molecule has 30 heavy (non-hydrogen) atoms. The third-order valence-electron chi connectivity index (χ3n) is 4.46. The lowest BCUT2D eigenvalue weighted by molar-refractivity contribution is 0.0985. The molecule has 4 rings (SSSR count). The molecule has 0 fully saturated rings. The Labute approximate surface area is 178 Å². The zero-order chi connectivity index (χ0) is 20.9. The third-order valence-corrected chi connectivity index (χ3v) is 5.50. The molecule has 2 aromatic heterocycles. The number of ether oxygens (including phenoxy) is 1. The lowest BCUT2D eigenvalue weighted by Crippen LogP contribution is -2.30. The van der Waals surface area contributed by atoms with Crippen molar-refractivity contribution < 1.29 is 9.53 Å². The van der Waals surface area contributed by atoms with E-state index >= 15 is 0 Å². The molecule has 0 spiro atoms. The molecule has 6 nitrogen and oxygen atoms in total. The number of pyridine rings is 1. The van der Waals surface area contributed by atoms with Gasteiger partial charge in [-0.15, -0.1) is 0 Å². The first-order chi connectivity index (χ1) is 14.7. The van der Waals surface area contributed by atoms with E-state index in [0.717, 1.165) is 21.5 Å². The van der Waals surface area contributed by atoms with Gasteiger partial charge in [0, 0.05) is 18.0 Å². The molecule has 0 aliphatic heterocycles. The minimum atomic E-state index is -0.188. The highest BCUT2D eigenvalue weighted by atomic mass is 32.1. The van der Waals surface area contributed by atoms with E-state index in [4.69, 9.17) is 10.00 Å². The van der Waals surface area contributed by atoms with Crippen molar-refractivity contribution in [2.45, 2.75) is 13.5 Å². The van der Waals surface area contributed by atoms with Crippen molar-refractivity contribution in [3.05, 3.63) is 83.7 Å². The molecular formula is C23H18N4O2S. The lowest BCUT2D eigenvalue weighted by atomic mass is 10.1. The zero-order valence-corrected chi connectivity index (χ0v) is 17.1. The van der Waals surface area contributed by atoms with Crippen LogP contribution in [-0.2, 0) is 6.54 Å². The molecule has 2 heterocycles. The number of fused-ring (bicyclic) bond motifs is 1. The van der Waals surface area contributed by atoms with Crippen molar-refractivity contribution in [3.8, 4) is 11.8 Å². The molecule has 0 radical (unpaired) electrons. The van der Waals surface area contributed by atoms with Gasteiger partial charge in [-0.05, 0) is 61.0 Å². The predicted octanol–water partition coefficient (Wildman–Crippen LogP) is 4.81. The molecule has 0 atom stereocenters. The highest BCUT2D eigenvalue weighted by molar-refractivity contribution is 7.22. The molecule has 0 bridgehead atoms. The summed E-state index contributed by atoms with van der Waals surface area (Å²) < 4.78 is 6.53. The number of nitriles is 1. The summed E-state index contributed by atoms with van der Waals surface area (Å²) in [5.41, 5.74) is 2.71. The van der Waals surface area contributed by atoms with Gasteiger partial charge < -0.3 is 4.74 Å². The number of anilines is 1. The molecule has 1 amide bonds. The maximum Gasteiger partial charge on any atom is 0.260 e. The number of rotatable bonds is 6. The van der Waals surface area contributed by atoms with E-state index in [1.807, 2.05) is 37.3 Å². The molecular weight excluding hydrogens is 396 g/mol. The fourth-order valence-electron chi connectivity index (χ4n) is 3.01. The first kappa shape index (κ1) is 19.6. The molecule has 148 valence electrons. The number of aromatic nitrogens is 2. The Balaban J connectivity index is 1.73. The van der Waals surface area contributed by atoms with Crippen molar-refractivity contribution >= 4 is 32.6 Å². The Morgan fingerprint density at radius 2 is 2.03 bits per heavy atom. The van der Waals surface area contributed by atoms with Crippen LogP contribution >= 0.6 is 11.3 Å². The summed E-state index contributed by atoms with van der Waals surface area (Å²) in [6, 6.07) is 18.2. The van der Waals surface area contributed by atoms with Crippen molar-refractivity contribution in [1.82, 2.24) is 9.97 Å². The van der Waals surface area contributed by atoms with E-state index in [9.17, 15) is 4.79 Å². The number of carbonyl (C=O) groups excluding carboxylic acids is 1. The minimum Gasteiger partial charge on any atom is -0.494 e. The summed E-state index contributed by atoms with van der Waals surface area (Å²) in [5, 5.41) is 9.61. The van der Waals surface area contributed by atoms with E-state index in [-0.39, 0.29) is 5.91 Å². The maximum atomic E-state index is 13.4. The van der Waals surface area contributed by atoms with Crippen LogP contribution < -0.4 is 9.64 Å². The van der Waals surface area contributed by atoms with Crippen LogP contribution in [0.25, 0.3) is 10.2 Å². The standard InChI is InChI=1S/C23H18N4O2S/c1-2-29-19-9-10-20-21(12-19)30-23(26-20)27(15-17-4-3-11-25-14-17)22(28)18-7-5-16(13-24)6-8-18/h3-12,14H,2,15H2,1H3. The van der Waals surface area contributed by atoms with Gasteiger partial charge in [-0.2, -0.15) is 5.26 Å². The van der Waals surface area contributed by atoms with Crippen LogP contribution in [0.15, 0.2) is 67.0 Å². The van der Waals surface area contributed by atoms with Gasteiger partial charge in [0.2, 0.25) is 0 Å². The summed E-state index contributed by atoms with van der Waals surface area (Å²) in [6.07, 6.45) is 3.43. The third kappa shape index (κ3) is 4.14. The lowest BCUT2D eigenvalue weighted by Gasteiger charge is -2.20. The number of hydrogen-bond acceptors (Lipinski definition) is 6. The number of nitrogens with zero attached hydrogens (tertiary/aromatic N) is 4. The average Bonchev–Trinajstić information content (AvgIpc) is 3.21. The molecule has 0 aliphatic carbocycles. The highest BCUT2D eigenvalue weighted by Gasteiger charge is 2.22. The average molecular weight is 414 g/mol. The van der Waals surface area contributed by atoms with Crippen LogP contribution in [0.1, 0.15) is 28.4 Å². The van der Waals surface area contributed by atoms with Crippen LogP contribution in [0.4, 0.5) is 5.13 Å². The number of carbonyl (C=O) groups is 1. The van der Waals surface area contributed by atoms with Gasteiger partial charge in [0.05, 0.1) is 35.0 Å². The summed E-state index contributed by atoms with van der Waals surface area (Å²) in [6.45, 7) is 2.86. The van der Waals surface area contributed by atoms with Gasteiger partial charge in [-0.1, -0.05) is 17.4 Å². The Morgan fingerprint density at radius 3 is 2.73 bits per heavy atom. The number of thiazole rings is 1. The van der Waals surface area contributed by atoms with Gasteiger partial charge in [0.15, 0.2) is 5.13 Å². The summed E-state index contributed by atoms with van der Waals surface area (Å²) in [5.74, 6) is 0.588. The summed E-state index contributed by atoms with van der Waals surface area (Å²) >= 11 is 1.44. The van der Waals surface area contributed by atoms with Crippen molar-refractivity contribution in [2.75, 3.05) is 11.5 Å². The molecule has 0 aliphatic rings. The van der Waals surface area contributed by atoms with E-state index in [1.165, 1.54) is 11.3 Å². The van der Waals surface area contributed by atoms with E-state index in [0.29, 0.717) is 29.4 Å². The fraction of sp³-hybridized carbons (Fsp3) is 0.130. The van der Waals surface area contributed by atoms with Gasteiger partial charge >= 0.3 is 0 Å². The van der Waals surface area contributed by atoms with E-state index in [2.05, 4.69) is 16.0 Å². The topological polar surface area (TPSA) is 79.1 Å². The molecule has 0 N–H and O–H groups in total. The molecule has 0 saturated carbocycles. The van der Waals surface area contributed by atoms with Gasteiger partial charge in [0.25, 0.3) is 5.91 Å². The van der Waals surface area contributed by atoms with Crippen LogP contribution in [-0.4, -0.2) is 22.5 Å². The molecule has 0 unspecified atom stereocenters. The molecule has 7 heteroatoms. The zero-order valence-electron chi connectivity index (χ0n) is 16.3. The van der Waals surface area contributed by atoms with Crippen LogP contribution in [0.2, 0.25) is 0 Å². The Hall–Kier alpha value is -3.76. The van der Waals surface area contributed by atoms with Gasteiger partial charge in [0.1, 0.15) is 5.75 Å². The smallest absolute Gasteiger partial charge is 0.260 e. The highest BCUT2D eigenvalue weighted by Crippen LogP contribution is 2.33. The van der Waals surface area contributed by atoms with E-state index in [1.54, 1.807) is 41.6 Å². The predicted molar refractivity (Wildman–Crippen MR) is 117 cm³/mol. The monoisotopic (exact) mass is 414 g/mol. The largest absolute Gasteiger partial charge is 0.494 e. The quantitative estimate of drug-likeness (QED) is 0.452. The summed E-state index contributed by atoms with van der Waals surface area (Å²) in [7, 11) is 0. The number of amides is 1. The number of benzene rings is 2. The van der Waals surface area contributed by atoms with Gasteiger partial charge in [-0.3, -0.25) is 14.7 Å².